The summed E-state index contributed by atoms with van der Waals surface area (Å²) in [5.74, 6) is -0.279. The number of benzene rings is 2. The third-order valence-electron chi connectivity index (χ3n) is 2.40. The summed E-state index contributed by atoms with van der Waals surface area (Å²) < 4.78 is 5.15. The Kier molecular flexibility index (Phi) is 3.38. The lowest BCUT2D eigenvalue weighted by atomic mass is 10.2. The molecule has 0 atom stereocenters. The van der Waals surface area contributed by atoms with Crippen molar-refractivity contribution in [2.24, 2.45) is 0 Å². The SMILES string of the molecule is Nc1ccc(C(=O)Oc2ccccc2C=O)cc1. The van der Waals surface area contributed by atoms with Crippen molar-refractivity contribution in [1.29, 1.82) is 0 Å². The number of ether oxygens (including phenoxy) is 1. The molecule has 2 rings (SSSR count). The number of carbonyl (C=O) groups excluding carboxylic acids is 2. The Labute approximate surface area is 104 Å². The van der Waals surface area contributed by atoms with Crippen molar-refractivity contribution in [3.63, 3.8) is 0 Å². The Balaban J connectivity index is 2.21. The summed E-state index contributed by atoms with van der Waals surface area (Å²) in [5, 5.41) is 0. The summed E-state index contributed by atoms with van der Waals surface area (Å²) in [6.07, 6.45) is 0.644. The van der Waals surface area contributed by atoms with Gasteiger partial charge in [0.2, 0.25) is 0 Å². The van der Waals surface area contributed by atoms with Crippen LogP contribution in [0.25, 0.3) is 0 Å². The van der Waals surface area contributed by atoms with E-state index in [1.54, 1.807) is 48.5 Å². The molecule has 0 aliphatic carbocycles. The smallest absolute Gasteiger partial charge is 0.343 e. The van der Waals surface area contributed by atoms with Crippen LogP contribution in [0.2, 0.25) is 0 Å². The Bertz CT molecular complexity index is 576. The van der Waals surface area contributed by atoms with Gasteiger partial charge >= 0.3 is 5.97 Å². The molecule has 4 nitrogen and oxygen atoms in total. The number of aldehydes is 1. The van der Waals surface area contributed by atoms with Gasteiger partial charge in [0.1, 0.15) is 5.75 Å². The molecular weight excluding hydrogens is 230 g/mol. The van der Waals surface area contributed by atoms with Crippen LogP contribution < -0.4 is 10.5 Å². The molecule has 0 spiro atoms. The monoisotopic (exact) mass is 241 g/mol. The number of nitrogens with two attached hydrogens (primary N) is 1. The van der Waals surface area contributed by atoms with Crippen LogP contribution in [0.1, 0.15) is 20.7 Å². The van der Waals surface area contributed by atoms with Crippen LogP contribution in [-0.4, -0.2) is 12.3 Å². The van der Waals surface area contributed by atoms with E-state index in [4.69, 9.17) is 10.5 Å². The largest absolute Gasteiger partial charge is 0.422 e. The van der Waals surface area contributed by atoms with Crippen molar-refractivity contribution in [2.45, 2.75) is 0 Å². The number of esters is 1. The molecule has 0 aliphatic heterocycles. The molecule has 0 saturated heterocycles. The standard InChI is InChI=1S/C14H11NO3/c15-12-7-5-10(6-8-12)14(17)18-13-4-2-1-3-11(13)9-16/h1-9H,15H2. The van der Waals surface area contributed by atoms with E-state index in [1.807, 2.05) is 0 Å². The molecule has 0 bridgehead atoms. The first-order valence-corrected chi connectivity index (χ1v) is 5.32. The molecule has 0 amide bonds. The summed E-state index contributed by atoms with van der Waals surface area (Å²) in [5.41, 5.74) is 6.81. The highest BCUT2D eigenvalue weighted by atomic mass is 16.5. The molecule has 0 saturated carbocycles. The molecule has 0 heterocycles. The van der Waals surface area contributed by atoms with Gasteiger partial charge in [-0.15, -0.1) is 0 Å². The lowest BCUT2D eigenvalue weighted by molar-refractivity contribution is 0.0733. The summed E-state index contributed by atoms with van der Waals surface area (Å²) in [6.45, 7) is 0. The minimum absolute atomic E-state index is 0.245. The third kappa shape index (κ3) is 2.55. The van der Waals surface area contributed by atoms with Gasteiger partial charge in [0.05, 0.1) is 11.1 Å². The number of rotatable bonds is 3. The molecule has 90 valence electrons. The van der Waals surface area contributed by atoms with Gasteiger partial charge in [0, 0.05) is 5.69 Å². The molecule has 18 heavy (non-hydrogen) atoms. The average molecular weight is 241 g/mol. The Morgan fingerprint density at radius 1 is 1.06 bits per heavy atom. The normalized spacial score (nSPS) is 9.78. The Morgan fingerprint density at radius 2 is 1.72 bits per heavy atom. The van der Waals surface area contributed by atoms with Gasteiger partial charge in [-0.25, -0.2) is 4.79 Å². The van der Waals surface area contributed by atoms with Gasteiger partial charge in [-0.2, -0.15) is 0 Å². The molecule has 2 aromatic carbocycles. The maximum absolute atomic E-state index is 11.8. The van der Waals surface area contributed by atoms with Crippen molar-refractivity contribution in [1.82, 2.24) is 0 Å². The van der Waals surface area contributed by atoms with Crippen molar-refractivity contribution in [2.75, 3.05) is 5.73 Å². The number of anilines is 1. The highest BCUT2D eigenvalue weighted by molar-refractivity contribution is 5.92. The first-order chi connectivity index (χ1) is 8.70. The molecule has 0 radical (unpaired) electrons. The first-order valence-electron chi connectivity index (χ1n) is 5.32. The van der Waals surface area contributed by atoms with E-state index in [0.717, 1.165) is 0 Å². The van der Waals surface area contributed by atoms with Gasteiger partial charge in [0.15, 0.2) is 6.29 Å². The molecule has 0 aliphatic rings. The maximum atomic E-state index is 11.8. The van der Waals surface area contributed by atoms with Crippen LogP contribution in [0.4, 0.5) is 5.69 Å². The van der Waals surface area contributed by atoms with Gasteiger partial charge in [-0.05, 0) is 36.4 Å². The predicted octanol–water partition coefficient (Wildman–Crippen LogP) is 2.30. The van der Waals surface area contributed by atoms with Crippen LogP contribution >= 0.6 is 0 Å². The van der Waals surface area contributed by atoms with Gasteiger partial charge in [-0.3, -0.25) is 4.79 Å². The number of para-hydroxylation sites is 1. The second-order valence-corrected chi connectivity index (χ2v) is 3.67. The predicted molar refractivity (Wildman–Crippen MR) is 67.6 cm³/mol. The fraction of sp³-hybridized carbons (Fsp3) is 0. The molecule has 0 unspecified atom stereocenters. The Morgan fingerprint density at radius 3 is 2.39 bits per heavy atom. The fourth-order valence-electron chi connectivity index (χ4n) is 1.45. The minimum Gasteiger partial charge on any atom is -0.422 e. The van der Waals surface area contributed by atoms with E-state index >= 15 is 0 Å². The minimum atomic E-state index is -0.524. The van der Waals surface area contributed by atoms with Crippen molar-refractivity contribution in [3.05, 3.63) is 59.7 Å². The van der Waals surface area contributed by atoms with Crippen LogP contribution in [0.5, 0.6) is 5.75 Å². The van der Waals surface area contributed by atoms with E-state index in [1.165, 1.54) is 0 Å². The van der Waals surface area contributed by atoms with E-state index in [9.17, 15) is 9.59 Å². The molecule has 2 N–H and O–H groups in total. The van der Waals surface area contributed by atoms with Gasteiger partial charge in [-0.1, -0.05) is 12.1 Å². The number of nitrogen functional groups attached to an aromatic ring is 1. The van der Waals surface area contributed by atoms with Crippen LogP contribution in [0.3, 0.4) is 0 Å². The second kappa shape index (κ2) is 5.14. The third-order valence-corrected chi connectivity index (χ3v) is 2.40. The number of hydrogen-bond acceptors (Lipinski definition) is 4. The summed E-state index contributed by atoms with van der Waals surface area (Å²) >= 11 is 0. The van der Waals surface area contributed by atoms with E-state index in [-0.39, 0.29) is 5.75 Å². The summed E-state index contributed by atoms with van der Waals surface area (Å²) in [4.78, 5) is 22.6. The lowest BCUT2D eigenvalue weighted by Gasteiger charge is -2.06. The van der Waals surface area contributed by atoms with E-state index in [2.05, 4.69) is 0 Å². The lowest BCUT2D eigenvalue weighted by Crippen LogP contribution is -2.09. The zero-order valence-electron chi connectivity index (χ0n) is 9.50. The van der Waals surface area contributed by atoms with Crippen LogP contribution in [0, 0.1) is 0 Å². The highest BCUT2D eigenvalue weighted by Crippen LogP contribution is 2.17. The van der Waals surface area contributed by atoms with Crippen molar-refractivity contribution < 1.29 is 14.3 Å². The van der Waals surface area contributed by atoms with Crippen LogP contribution in [-0.2, 0) is 0 Å². The fourth-order valence-corrected chi connectivity index (χ4v) is 1.45. The molecular formula is C14H11NO3. The quantitative estimate of drug-likeness (QED) is 0.387. The van der Waals surface area contributed by atoms with Crippen molar-refractivity contribution in [3.8, 4) is 5.75 Å². The zero-order chi connectivity index (χ0) is 13.0. The maximum Gasteiger partial charge on any atom is 0.343 e. The first kappa shape index (κ1) is 11.9. The molecule has 4 heteroatoms. The highest BCUT2D eigenvalue weighted by Gasteiger charge is 2.10. The van der Waals surface area contributed by atoms with Crippen molar-refractivity contribution >= 4 is 17.9 Å². The van der Waals surface area contributed by atoms with Crippen LogP contribution in [0.15, 0.2) is 48.5 Å². The molecule has 2 aromatic rings. The molecule has 0 fully saturated rings. The van der Waals surface area contributed by atoms with Gasteiger partial charge in [0.25, 0.3) is 0 Å². The number of carbonyl (C=O) groups is 2. The number of hydrogen-bond donors (Lipinski definition) is 1. The zero-order valence-corrected chi connectivity index (χ0v) is 9.50. The summed E-state index contributed by atoms with van der Waals surface area (Å²) in [6, 6.07) is 12.9. The molecule has 0 aromatic heterocycles. The van der Waals surface area contributed by atoms with E-state index < -0.39 is 5.97 Å². The summed E-state index contributed by atoms with van der Waals surface area (Å²) in [7, 11) is 0. The average Bonchev–Trinajstić information content (AvgIpc) is 2.40. The second-order valence-electron chi connectivity index (χ2n) is 3.67. The Hall–Kier alpha value is -2.62. The van der Waals surface area contributed by atoms with E-state index in [0.29, 0.717) is 23.1 Å². The topological polar surface area (TPSA) is 69.4 Å². The van der Waals surface area contributed by atoms with Gasteiger partial charge < -0.3 is 10.5 Å².